The summed E-state index contributed by atoms with van der Waals surface area (Å²) in [6.45, 7) is 2.11. The summed E-state index contributed by atoms with van der Waals surface area (Å²) in [5.41, 5.74) is 5.62. The molecular formula is C16H14N2. The van der Waals surface area contributed by atoms with Gasteiger partial charge in [-0.3, -0.25) is 5.10 Å². The molecule has 3 rings (SSSR count). The van der Waals surface area contributed by atoms with Gasteiger partial charge in [0.15, 0.2) is 0 Å². The zero-order chi connectivity index (χ0) is 12.4. The first kappa shape index (κ1) is 10.8. The molecule has 0 bridgehead atoms. The zero-order valence-corrected chi connectivity index (χ0v) is 10.2. The van der Waals surface area contributed by atoms with Gasteiger partial charge in [0.05, 0.1) is 11.4 Å². The third-order valence-corrected chi connectivity index (χ3v) is 3.12. The van der Waals surface area contributed by atoms with E-state index in [-0.39, 0.29) is 0 Å². The van der Waals surface area contributed by atoms with E-state index in [1.54, 1.807) is 0 Å². The number of nitrogens with zero attached hydrogens (tertiary/aromatic N) is 1. The van der Waals surface area contributed by atoms with Crippen molar-refractivity contribution in [2.45, 2.75) is 6.92 Å². The molecule has 0 amide bonds. The number of aromatic nitrogens is 2. The Labute approximate surface area is 106 Å². The summed E-state index contributed by atoms with van der Waals surface area (Å²) >= 11 is 0. The van der Waals surface area contributed by atoms with Gasteiger partial charge in [-0.2, -0.15) is 5.10 Å². The maximum absolute atomic E-state index is 4.44. The average molecular weight is 234 g/mol. The molecule has 0 aliphatic rings. The summed E-state index contributed by atoms with van der Waals surface area (Å²) < 4.78 is 0. The maximum Gasteiger partial charge on any atom is 0.0956 e. The van der Waals surface area contributed by atoms with Gasteiger partial charge in [-0.05, 0) is 12.5 Å². The van der Waals surface area contributed by atoms with Crippen LogP contribution in [0.5, 0.6) is 0 Å². The van der Waals surface area contributed by atoms with E-state index < -0.39 is 0 Å². The number of rotatable bonds is 2. The van der Waals surface area contributed by atoms with Crippen LogP contribution in [0.15, 0.2) is 60.7 Å². The predicted molar refractivity (Wildman–Crippen MR) is 74.2 cm³/mol. The SMILES string of the molecule is Cc1c(-c2ccccc2)n[nH]c1-c1ccccc1. The lowest BCUT2D eigenvalue weighted by molar-refractivity contribution is 1.10. The molecule has 3 aromatic rings. The van der Waals surface area contributed by atoms with Crippen LogP contribution in [0.4, 0.5) is 0 Å². The first-order valence-electron chi connectivity index (χ1n) is 6.02. The molecule has 1 heterocycles. The Kier molecular flexibility index (Phi) is 2.69. The minimum atomic E-state index is 1.02. The van der Waals surface area contributed by atoms with Crippen LogP contribution in [-0.4, -0.2) is 10.2 Å². The second-order valence-electron chi connectivity index (χ2n) is 4.30. The third-order valence-electron chi connectivity index (χ3n) is 3.12. The van der Waals surface area contributed by atoms with Gasteiger partial charge in [0, 0.05) is 11.1 Å². The Morgan fingerprint density at radius 1 is 0.778 bits per heavy atom. The number of H-pyrrole nitrogens is 1. The van der Waals surface area contributed by atoms with E-state index in [1.165, 1.54) is 11.1 Å². The van der Waals surface area contributed by atoms with Crippen LogP contribution in [-0.2, 0) is 0 Å². The second kappa shape index (κ2) is 4.49. The van der Waals surface area contributed by atoms with E-state index in [0.29, 0.717) is 0 Å². The molecule has 0 aliphatic heterocycles. The number of hydrogen-bond donors (Lipinski definition) is 1. The molecule has 1 aromatic heterocycles. The molecule has 0 aliphatic carbocycles. The van der Waals surface area contributed by atoms with E-state index in [1.807, 2.05) is 36.4 Å². The highest BCUT2D eigenvalue weighted by atomic mass is 15.1. The van der Waals surface area contributed by atoms with E-state index >= 15 is 0 Å². The quantitative estimate of drug-likeness (QED) is 0.712. The summed E-state index contributed by atoms with van der Waals surface area (Å²) in [5, 5.41) is 7.58. The predicted octanol–water partition coefficient (Wildman–Crippen LogP) is 4.05. The molecule has 0 saturated heterocycles. The van der Waals surface area contributed by atoms with Crippen molar-refractivity contribution in [2.24, 2.45) is 0 Å². The van der Waals surface area contributed by atoms with Gasteiger partial charge in [0.1, 0.15) is 0 Å². The fourth-order valence-corrected chi connectivity index (χ4v) is 2.16. The Balaban J connectivity index is 2.09. The van der Waals surface area contributed by atoms with Gasteiger partial charge >= 0.3 is 0 Å². The standard InChI is InChI=1S/C16H14N2/c1-12-15(13-8-4-2-5-9-13)17-18-16(12)14-10-6-3-7-11-14/h2-11H,1H3,(H,17,18). The van der Waals surface area contributed by atoms with Crippen molar-refractivity contribution in [3.05, 3.63) is 66.2 Å². The van der Waals surface area contributed by atoms with Crippen LogP contribution in [0, 0.1) is 6.92 Å². The molecule has 0 saturated carbocycles. The highest BCUT2D eigenvalue weighted by Gasteiger charge is 2.11. The van der Waals surface area contributed by atoms with Crippen LogP contribution in [0.1, 0.15) is 5.56 Å². The molecule has 0 unspecified atom stereocenters. The summed E-state index contributed by atoms with van der Waals surface area (Å²) in [7, 11) is 0. The second-order valence-corrected chi connectivity index (χ2v) is 4.30. The molecule has 2 heteroatoms. The van der Waals surface area contributed by atoms with Crippen LogP contribution >= 0.6 is 0 Å². The van der Waals surface area contributed by atoms with Crippen molar-refractivity contribution < 1.29 is 0 Å². The molecule has 2 aromatic carbocycles. The molecule has 2 nitrogen and oxygen atoms in total. The van der Waals surface area contributed by atoms with Crippen molar-refractivity contribution in [3.8, 4) is 22.5 Å². The fourth-order valence-electron chi connectivity index (χ4n) is 2.16. The Morgan fingerprint density at radius 3 is 1.94 bits per heavy atom. The lowest BCUT2D eigenvalue weighted by Gasteiger charge is -2.00. The number of benzene rings is 2. The fraction of sp³-hybridized carbons (Fsp3) is 0.0625. The summed E-state index contributed by atoms with van der Waals surface area (Å²) in [6, 6.07) is 20.5. The normalized spacial score (nSPS) is 10.5. The van der Waals surface area contributed by atoms with Crippen molar-refractivity contribution in [3.63, 3.8) is 0 Å². The van der Waals surface area contributed by atoms with E-state index in [2.05, 4.69) is 41.4 Å². The highest BCUT2D eigenvalue weighted by molar-refractivity contribution is 5.73. The van der Waals surface area contributed by atoms with Crippen molar-refractivity contribution in [2.75, 3.05) is 0 Å². The lowest BCUT2D eigenvalue weighted by atomic mass is 10.0. The van der Waals surface area contributed by atoms with Crippen LogP contribution in [0.3, 0.4) is 0 Å². The summed E-state index contributed by atoms with van der Waals surface area (Å²) in [4.78, 5) is 0. The first-order valence-corrected chi connectivity index (χ1v) is 6.02. The van der Waals surface area contributed by atoms with Gasteiger partial charge in [-0.25, -0.2) is 0 Å². The Hall–Kier alpha value is -2.35. The molecule has 0 atom stereocenters. The molecule has 1 N–H and O–H groups in total. The molecule has 0 radical (unpaired) electrons. The third kappa shape index (κ3) is 1.82. The zero-order valence-electron chi connectivity index (χ0n) is 10.2. The van der Waals surface area contributed by atoms with E-state index in [0.717, 1.165) is 17.0 Å². The smallest absolute Gasteiger partial charge is 0.0956 e. The maximum atomic E-state index is 4.44. The van der Waals surface area contributed by atoms with E-state index in [4.69, 9.17) is 0 Å². The highest BCUT2D eigenvalue weighted by Crippen LogP contribution is 2.28. The molecule has 18 heavy (non-hydrogen) atoms. The first-order chi connectivity index (χ1) is 8.86. The number of hydrogen-bond acceptors (Lipinski definition) is 1. The van der Waals surface area contributed by atoms with Gasteiger partial charge < -0.3 is 0 Å². The van der Waals surface area contributed by atoms with Gasteiger partial charge in [0.2, 0.25) is 0 Å². The van der Waals surface area contributed by atoms with Gasteiger partial charge in [0.25, 0.3) is 0 Å². The van der Waals surface area contributed by atoms with Crippen LogP contribution < -0.4 is 0 Å². The van der Waals surface area contributed by atoms with Gasteiger partial charge in [-0.15, -0.1) is 0 Å². The minimum absolute atomic E-state index is 1.02. The molecule has 0 fully saturated rings. The molecular weight excluding hydrogens is 220 g/mol. The van der Waals surface area contributed by atoms with Gasteiger partial charge in [-0.1, -0.05) is 60.7 Å². The average Bonchev–Trinajstić information content (AvgIpc) is 2.83. The topological polar surface area (TPSA) is 28.7 Å². The Bertz CT molecular complexity index is 582. The van der Waals surface area contributed by atoms with Crippen LogP contribution in [0.25, 0.3) is 22.5 Å². The summed E-state index contributed by atoms with van der Waals surface area (Å²) in [5.74, 6) is 0. The summed E-state index contributed by atoms with van der Waals surface area (Å²) in [6.07, 6.45) is 0. The molecule has 0 spiro atoms. The van der Waals surface area contributed by atoms with Crippen LogP contribution in [0.2, 0.25) is 0 Å². The lowest BCUT2D eigenvalue weighted by Crippen LogP contribution is -1.81. The van der Waals surface area contributed by atoms with Crippen molar-refractivity contribution >= 4 is 0 Å². The largest absolute Gasteiger partial charge is 0.277 e. The van der Waals surface area contributed by atoms with Crippen molar-refractivity contribution in [1.29, 1.82) is 0 Å². The Morgan fingerprint density at radius 2 is 1.33 bits per heavy atom. The number of aromatic amines is 1. The van der Waals surface area contributed by atoms with E-state index in [9.17, 15) is 0 Å². The number of nitrogens with one attached hydrogen (secondary N) is 1. The minimum Gasteiger partial charge on any atom is -0.277 e. The monoisotopic (exact) mass is 234 g/mol. The van der Waals surface area contributed by atoms with Crippen molar-refractivity contribution in [1.82, 2.24) is 10.2 Å². The molecule has 88 valence electrons.